The smallest absolute Gasteiger partial charge is 0.243 e. The second-order valence-corrected chi connectivity index (χ2v) is 11.7. The largest absolute Gasteiger partial charge is 0.353 e. The quantitative estimate of drug-likeness (QED) is 0.734. The van der Waals surface area contributed by atoms with Crippen LogP contribution in [0.4, 0.5) is 5.69 Å². The number of carbonyl (C=O) groups is 2. The molecule has 0 radical (unpaired) electrons. The first-order valence-corrected chi connectivity index (χ1v) is 13.1. The van der Waals surface area contributed by atoms with Crippen molar-refractivity contribution in [1.82, 2.24) is 9.62 Å². The molecular formula is C21H29N3O4S2. The van der Waals surface area contributed by atoms with E-state index in [0.29, 0.717) is 31.6 Å². The summed E-state index contributed by atoms with van der Waals surface area (Å²) in [5.74, 6) is -0.174. The standard InChI is InChI=1S/C21H29N3O4S2/c1-14-20(25)23-18-13-17(7-8-19(18)29-14)30(27,28)24-11-9-15(10-12-24)21(26)22-16-5-3-2-4-6-16/h7-8,13-16H,2-6,9-12H2,1H3,(H,22,26)(H,23,25). The van der Waals surface area contributed by atoms with Gasteiger partial charge in [-0.1, -0.05) is 19.3 Å². The Morgan fingerprint density at radius 3 is 2.53 bits per heavy atom. The zero-order chi connectivity index (χ0) is 21.3. The van der Waals surface area contributed by atoms with Crippen molar-refractivity contribution in [2.75, 3.05) is 18.4 Å². The van der Waals surface area contributed by atoms with Crippen molar-refractivity contribution in [2.24, 2.45) is 5.92 Å². The number of carbonyl (C=O) groups excluding carboxylic acids is 2. The zero-order valence-corrected chi connectivity index (χ0v) is 18.9. The third-order valence-electron chi connectivity index (χ3n) is 6.30. The highest BCUT2D eigenvalue weighted by molar-refractivity contribution is 8.01. The maximum Gasteiger partial charge on any atom is 0.243 e. The van der Waals surface area contributed by atoms with Crippen LogP contribution in [-0.4, -0.2) is 48.9 Å². The summed E-state index contributed by atoms with van der Waals surface area (Å²) in [7, 11) is -3.66. The van der Waals surface area contributed by atoms with Crippen LogP contribution in [-0.2, 0) is 19.6 Å². The lowest BCUT2D eigenvalue weighted by Gasteiger charge is -2.32. The number of thioether (sulfide) groups is 1. The minimum absolute atomic E-state index is 0.0709. The third kappa shape index (κ3) is 4.53. The van der Waals surface area contributed by atoms with Crippen LogP contribution in [0.1, 0.15) is 51.9 Å². The van der Waals surface area contributed by atoms with Crippen molar-refractivity contribution in [1.29, 1.82) is 0 Å². The van der Waals surface area contributed by atoms with Gasteiger partial charge in [0, 0.05) is 29.9 Å². The minimum atomic E-state index is -3.66. The van der Waals surface area contributed by atoms with E-state index in [1.54, 1.807) is 18.2 Å². The van der Waals surface area contributed by atoms with E-state index in [4.69, 9.17) is 0 Å². The number of sulfonamides is 1. The van der Waals surface area contributed by atoms with E-state index in [0.717, 1.165) is 17.7 Å². The molecule has 4 rings (SSSR count). The fourth-order valence-electron chi connectivity index (χ4n) is 4.42. The molecule has 2 fully saturated rings. The van der Waals surface area contributed by atoms with Crippen molar-refractivity contribution in [2.45, 2.75) is 73.0 Å². The van der Waals surface area contributed by atoms with Crippen LogP contribution in [0.5, 0.6) is 0 Å². The molecule has 30 heavy (non-hydrogen) atoms. The van der Waals surface area contributed by atoms with E-state index in [1.807, 2.05) is 6.92 Å². The highest BCUT2D eigenvalue weighted by Crippen LogP contribution is 2.37. The second-order valence-electron chi connectivity index (χ2n) is 8.43. The highest BCUT2D eigenvalue weighted by Gasteiger charge is 2.34. The Morgan fingerprint density at radius 2 is 1.83 bits per heavy atom. The summed E-state index contributed by atoms with van der Waals surface area (Å²) in [6, 6.07) is 5.18. The van der Waals surface area contributed by atoms with E-state index in [-0.39, 0.29) is 33.9 Å². The first-order chi connectivity index (χ1) is 14.3. The molecule has 0 spiro atoms. The van der Waals surface area contributed by atoms with E-state index in [9.17, 15) is 18.0 Å². The summed E-state index contributed by atoms with van der Waals surface area (Å²) in [6.07, 6.45) is 6.74. The lowest BCUT2D eigenvalue weighted by molar-refractivity contribution is -0.127. The van der Waals surface area contributed by atoms with Gasteiger partial charge in [-0.15, -0.1) is 11.8 Å². The van der Waals surface area contributed by atoms with E-state index < -0.39 is 10.0 Å². The van der Waals surface area contributed by atoms with Crippen LogP contribution in [0.15, 0.2) is 28.0 Å². The Bertz CT molecular complexity index is 920. The SMILES string of the molecule is CC1Sc2ccc(S(=O)(=O)N3CCC(C(=O)NC4CCCCC4)CC3)cc2NC1=O. The number of anilines is 1. The van der Waals surface area contributed by atoms with Gasteiger partial charge in [-0.2, -0.15) is 4.31 Å². The molecule has 9 heteroatoms. The average molecular weight is 452 g/mol. The predicted molar refractivity (Wildman–Crippen MR) is 117 cm³/mol. The van der Waals surface area contributed by atoms with Gasteiger partial charge in [0.2, 0.25) is 21.8 Å². The molecular weight excluding hydrogens is 422 g/mol. The number of hydrogen-bond donors (Lipinski definition) is 2. The number of hydrogen-bond acceptors (Lipinski definition) is 5. The summed E-state index contributed by atoms with van der Waals surface area (Å²) < 4.78 is 27.7. The fourth-order valence-corrected chi connectivity index (χ4v) is 6.85. The van der Waals surface area contributed by atoms with Crippen molar-refractivity contribution >= 4 is 39.3 Å². The zero-order valence-electron chi connectivity index (χ0n) is 17.2. The normalized spacial score (nSPS) is 24.2. The summed E-state index contributed by atoms with van der Waals surface area (Å²) in [6.45, 7) is 2.49. The Hall–Kier alpha value is -1.58. The molecule has 3 aliphatic rings. The first-order valence-electron chi connectivity index (χ1n) is 10.8. The minimum Gasteiger partial charge on any atom is -0.353 e. The fraction of sp³-hybridized carbons (Fsp3) is 0.619. The Labute approximate surface area is 182 Å². The number of amides is 2. The molecule has 1 aliphatic carbocycles. The predicted octanol–water partition coefficient (Wildman–Crippen LogP) is 2.97. The van der Waals surface area contributed by atoms with Gasteiger partial charge in [0.05, 0.1) is 15.8 Å². The number of fused-ring (bicyclic) bond motifs is 1. The molecule has 1 atom stereocenters. The van der Waals surface area contributed by atoms with Gasteiger partial charge in [-0.25, -0.2) is 8.42 Å². The van der Waals surface area contributed by atoms with Gasteiger partial charge in [-0.3, -0.25) is 9.59 Å². The van der Waals surface area contributed by atoms with Crippen LogP contribution in [0, 0.1) is 5.92 Å². The van der Waals surface area contributed by atoms with Crippen molar-refractivity contribution in [3.63, 3.8) is 0 Å². The van der Waals surface area contributed by atoms with Gasteiger partial charge in [-0.05, 0) is 50.8 Å². The van der Waals surface area contributed by atoms with E-state index >= 15 is 0 Å². The van der Waals surface area contributed by atoms with Crippen LogP contribution in [0.2, 0.25) is 0 Å². The summed E-state index contributed by atoms with van der Waals surface area (Å²) in [5.41, 5.74) is 0.547. The lowest BCUT2D eigenvalue weighted by atomic mass is 9.93. The number of nitrogens with zero attached hydrogens (tertiary/aromatic N) is 1. The van der Waals surface area contributed by atoms with Crippen LogP contribution in [0.25, 0.3) is 0 Å². The Balaban J connectivity index is 1.38. The highest BCUT2D eigenvalue weighted by atomic mass is 32.2. The molecule has 2 N–H and O–H groups in total. The summed E-state index contributed by atoms with van der Waals surface area (Å²) >= 11 is 1.43. The molecule has 0 bridgehead atoms. The van der Waals surface area contributed by atoms with Crippen LogP contribution in [0.3, 0.4) is 0 Å². The van der Waals surface area contributed by atoms with Gasteiger partial charge in [0.1, 0.15) is 0 Å². The number of nitrogens with one attached hydrogen (secondary N) is 2. The van der Waals surface area contributed by atoms with Gasteiger partial charge in [0.15, 0.2) is 0 Å². The van der Waals surface area contributed by atoms with Crippen molar-refractivity contribution in [3.8, 4) is 0 Å². The summed E-state index contributed by atoms with van der Waals surface area (Å²) in [4.78, 5) is 25.6. The van der Waals surface area contributed by atoms with Crippen LogP contribution >= 0.6 is 11.8 Å². The van der Waals surface area contributed by atoms with Gasteiger partial charge >= 0.3 is 0 Å². The number of benzene rings is 1. The average Bonchev–Trinajstić information content (AvgIpc) is 2.75. The maximum absolute atomic E-state index is 13.1. The van der Waals surface area contributed by atoms with E-state index in [1.165, 1.54) is 35.3 Å². The number of rotatable bonds is 4. The molecule has 1 aromatic rings. The Kier molecular flexibility index (Phi) is 6.41. The molecule has 1 aromatic carbocycles. The maximum atomic E-state index is 13.1. The van der Waals surface area contributed by atoms with Gasteiger partial charge in [0.25, 0.3) is 0 Å². The topological polar surface area (TPSA) is 95.6 Å². The van der Waals surface area contributed by atoms with E-state index in [2.05, 4.69) is 10.6 Å². The molecule has 1 saturated carbocycles. The molecule has 2 aliphatic heterocycles. The first kappa shape index (κ1) is 21.6. The van der Waals surface area contributed by atoms with Crippen LogP contribution < -0.4 is 10.6 Å². The third-order valence-corrected chi connectivity index (χ3v) is 9.37. The van der Waals surface area contributed by atoms with Crippen molar-refractivity contribution < 1.29 is 18.0 Å². The molecule has 1 saturated heterocycles. The summed E-state index contributed by atoms with van der Waals surface area (Å²) in [5, 5.41) is 5.76. The number of piperidine rings is 1. The molecule has 1 unspecified atom stereocenters. The van der Waals surface area contributed by atoms with Crippen molar-refractivity contribution in [3.05, 3.63) is 18.2 Å². The molecule has 0 aromatic heterocycles. The Morgan fingerprint density at radius 1 is 1.13 bits per heavy atom. The second kappa shape index (κ2) is 8.88. The monoisotopic (exact) mass is 451 g/mol. The molecule has 164 valence electrons. The molecule has 2 heterocycles. The lowest BCUT2D eigenvalue weighted by Crippen LogP contribution is -2.45. The molecule has 2 amide bonds. The van der Waals surface area contributed by atoms with Gasteiger partial charge < -0.3 is 10.6 Å². The molecule has 7 nitrogen and oxygen atoms in total.